The first-order valence-corrected chi connectivity index (χ1v) is 4.79. The Morgan fingerprint density at radius 3 is 2.47 bits per heavy atom. The first-order valence-electron chi connectivity index (χ1n) is 4.79. The largest absolute Gasteiger partial charge is 0.442 e. The van der Waals surface area contributed by atoms with E-state index in [0.717, 1.165) is 0 Å². The highest BCUT2D eigenvalue weighted by Crippen LogP contribution is 2.15. The van der Waals surface area contributed by atoms with Crippen LogP contribution in [0.15, 0.2) is 34.9 Å². The minimum absolute atomic E-state index is 0.0173. The van der Waals surface area contributed by atoms with Crippen LogP contribution < -0.4 is 0 Å². The SMILES string of the molecule is Cc1coc(C(=O)c2ccc([N+](=O)[O-])cc2)n1. The minimum Gasteiger partial charge on any atom is -0.442 e. The highest BCUT2D eigenvalue weighted by atomic mass is 16.6. The highest BCUT2D eigenvalue weighted by molar-refractivity contribution is 6.05. The molecular formula is C11H8N2O4. The number of aryl methyl sites for hydroxylation is 1. The summed E-state index contributed by atoms with van der Waals surface area (Å²) in [5.41, 5.74) is 0.845. The van der Waals surface area contributed by atoms with E-state index in [0.29, 0.717) is 11.3 Å². The molecule has 0 aliphatic rings. The number of nitro groups is 1. The Balaban J connectivity index is 2.29. The van der Waals surface area contributed by atoms with E-state index in [1.807, 2.05) is 0 Å². The van der Waals surface area contributed by atoms with Gasteiger partial charge in [-0.1, -0.05) is 0 Å². The lowest BCUT2D eigenvalue weighted by Gasteiger charge is -1.96. The van der Waals surface area contributed by atoms with Gasteiger partial charge in [-0.15, -0.1) is 0 Å². The standard InChI is InChI=1S/C11H8N2O4/c1-7-6-17-11(12-7)10(14)8-2-4-9(5-3-8)13(15)16/h2-6H,1H3. The quantitative estimate of drug-likeness (QED) is 0.459. The number of hydrogen-bond acceptors (Lipinski definition) is 5. The van der Waals surface area contributed by atoms with Crippen LogP contribution in [0.25, 0.3) is 0 Å². The first-order chi connectivity index (χ1) is 8.08. The predicted octanol–water partition coefficient (Wildman–Crippen LogP) is 2.12. The molecule has 1 aromatic carbocycles. The van der Waals surface area contributed by atoms with E-state index in [9.17, 15) is 14.9 Å². The number of hydrogen-bond donors (Lipinski definition) is 0. The van der Waals surface area contributed by atoms with Crippen molar-refractivity contribution in [2.45, 2.75) is 6.92 Å². The van der Waals surface area contributed by atoms with Crippen LogP contribution in [-0.2, 0) is 0 Å². The lowest BCUT2D eigenvalue weighted by molar-refractivity contribution is -0.384. The molecule has 1 aromatic heterocycles. The molecule has 6 heteroatoms. The predicted molar refractivity (Wildman–Crippen MR) is 57.8 cm³/mol. The molecule has 86 valence electrons. The van der Waals surface area contributed by atoms with Crippen LogP contribution >= 0.6 is 0 Å². The summed E-state index contributed by atoms with van der Waals surface area (Å²) in [5, 5.41) is 10.4. The van der Waals surface area contributed by atoms with Crippen molar-refractivity contribution in [3.8, 4) is 0 Å². The molecule has 6 nitrogen and oxygen atoms in total. The fourth-order valence-electron chi connectivity index (χ4n) is 1.32. The van der Waals surface area contributed by atoms with E-state index in [4.69, 9.17) is 4.42 Å². The number of rotatable bonds is 3. The molecule has 0 N–H and O–H groups in total. The Labute approximate surface area is 96.0 Å². The maximum Gasteiger partial charge on any atom is 0.269 e. The number of benzene rings is 1. The summed E-state index contributed by atoms with van der Waals surface area (Å²) in [6, 6.07) is 5.28. The van der Waals surface area contributed by atoms with E-state index in [-0.39, 0.29) is 11.6 Å². The van der Waals surface area contributed by atoms with Gasteiger partial charge in [0.05, 0.1) is 10.6 Å². The third-order valence-corrected chi connectivity index (χ3v) is 2.15. The monoisotopic (exact) mass is 232 g/mol. The van der Waals surface area contributed by atoms with Crippen molar-refractivity contribution >= 4 is 11.5 Å². The zero-order chi connectivity index (χ0) is 12.4. The zero-order valence-electron chi connectivity index (χ0n) is 8.91. The molecule has 0 unspecified atom stereocenters. The fraction of sp³-hybridized carbons (Fsp3) is 0.0909. The number of carbonyl (C=O) groups excluding carboxylic acids is 1. The van der Waals surface area contributed by atoms with E-state index < -0.39 is 10.7 Å². The summed E-state index contributed by atoms with van der Waals surface area (Å²) in [7, 11) is 0. The van der Waals surface area contributed by atoms with Crippen molar-refractivity contribution in [3.63, 3.8) is 0 Å². The van der Waals surface area contributed by atoms with Gasteiger partial charge in [-0.2, -0.15) is 0 Å². The molecule has 0 bridgehead atoms. The van der Waals surface area contributed by atoms with Gasteiger partial charge in [-0.25, -0.2) is 4.98 Å². The highest BCUT2D eigenvalue weighted by Gasteiger charge is 2.15. The van der Waals surface area contributed by atoms with Crippen LogP contribution in [0.4, 0.5) is 5.69 Å². The lowest BCUT2D eigenvalue weighted by Crippen LogP contribution is -2.01. The molecule has 0 aliphatic heterocycles. The van der Waals surface area contributed by atoms with Crippen LogP contribution in [0, 0.1) is 17.0 Å². The molecule has 17 heavy (non-hydrogen) atoms. The van der Waals surface area contributed by atoms with Crippen LogP contribution in [0.3, 0.4) is 0 Å². The first kappa shape index (κ1) is 11.0. The van der Waals surface area contributed by atoms with E-state index in [2.05, 4.69) is 4.98 Å². The van der Waals surface area contributed by atoms with Gasteiger partial charge >= 0.3 is 0 Å². The summed E-state index contributed by atoms with van der Waals surface area (Å²) in [4.78, 5) is 25.6. The molecule has 2 rings (SSSR count). The topological polar surface area (TPSA) is 86.2 Å². The normalized spacial score (nSPS) is 10.2. The van der Waals surface area contributed by atoms with Crippen LogP contribution in [-0.4, -0.2) is 15.7 Å². The molecule has 0 atom stereocenters. The molecule has 0 amide bonds. The number of oxazole rings is 1. The van der Waals surface area contributed by atoms with Gasteiger partial charge in [0.15, 0.2) is 0 Å². The average Bonchev–Trinajstić information content (AvgIpc) is 2.75. The van der Waals surface area contributed by atoms with Crippen molar-refractivity contribution < 1.29 is 14.1 Å². The Morgan fingerprint density at radius 1 is 1.35 bits per heavy atom. The third-order valence-electron chi connectivity index (χ3n) is 2.15. The van der Waals surface area contributed by atoms with Crippen LogP contribution in [0.5, 0.6) is 0 Å². The maximum absolute atomic E-state index is 11.8. The van der Waals surface area contributed by atoms with Gasteiger partial charge in [-0.05, 0) is 19.1 Å². The number of aromatic nitrogens is 1. The Bertz CT molecular complexity index is 571. The second kappa shape index (κ2) is 4.17. The zero-order valence-corrected chi connectivity index (χ0v) is 8.91. The number of carbonyl (C=O) groups is 1. The Kier molecular flexibility index (Phi) is 2.70. The number of non-ortho nitro benzene ring substituents is 1. The third kappa shape index (κ3) is 2.20. The van der Waals surface area contributed by atoms with E-state index in [1.165, 1.54) is 30.5 Å². The Hall–Kier alpha value is -2.50. The summed E-state index contributed by atoms with van der Waals surface area (Å²) in [6.45, 7) is 1.70. The summed E-state index contributed by atoms with van der Waals surface area (Å²) in [6.07, 6.45) is 1.37. The van der Waals surface area contributed by atoms with Crippen molar-refractivity contribution in [1.29, 1.82) is 0 Å². The lowest BCUT2D eigenvalue weighted by atomic mass is 10.1. The van der Waals surface area contributed by atoms with Crippen molar-refractivity contribution in [3.05, 3.63) is 57.8 Å². The van der Waals surface area contributed by atoms with Gasteiger partial charge in [0.2, 0.25) is 5.78 Å². The summed E-state index contributed by atoms with van der Waals surface area (Å²) < 4.78 is 4.96. The second-order valence-corrected chi connectivity index (χ2v) is 3.43. The van der Waals surface area contributed by atoms with Crippen molar-refractivity contribution in [2.24, 2.45) is 0 Å². The van der Waals surface area contributed by atoms with E-state index in [1.54, 1.807) is 6.92 Å². The van der Waals surface area contributed by atoms with Gasteiger partial charge in [-0.3, -0.25) is 14.9 Å². The van der Waals surface area contributed by atoms with Crippen LogP contribution in [0.1, 0.15) is 21.9 Å². The van der Waals surface area contributed by atoms with Gasteiger partial charge in [0.1, 0.15) is 6.26 Å². The maximum atomic E-state index is 11.8. The molecule has 0 saturated carbocycles. The molecule has 1 heterocycles. The molecule has 0 radical (unpaired) electrons. The van der Waals surface area contributed by atoms with Gasteiger partial charge < -0.3 is 4.42 Å². The summed E-state index contributed by atoms with van der Waals surface area (Å²) in [5.74, 6) is -0.413. The van der Waals surface area contributed by atoms with Gasteiger partial charge in [0.25, 0.3) is 11.6 Å². The smallest absolute Gasteiger partial charge is 0.269 e. The fourth-order valence-corrected chi connectivity index (χ4v) is 1.32. The van der Waals surface area contributed by atoms with Gasteiger partial charge in [0, 0.05) is 17.7 Å². The summed E-state index contributed by atoms with van der Waals surface area (Å²) >= 11 is 0. The second-order valence-electron chi connectivity index (χ2n) is 3.43. The average molecular weight is 232 g/mol. The molecular weight excluding hydrogens is 224 g/mol. The van der Waals surface area contributed by atoms with Crippen molar-refractivity contribution in [2.75, 3.05) is 0 Å². The molecule has 0 aliphatic carbocycles. The van der Waals surface area contributed by atoms with Crippen LogP contribution in [0.2, 0.25) is 0 Å². The Morgan fingerprint density at radius 2 is 2.00 bits per heavy atom. The van der Waals surface area contributed by atoms with Crippen molar-refractivity contribution in [1.82, 2.24) is 4.98 Å². The number of ketones is 1. The molecule has 2 aromatic rings. The molecule has 0 saturated heterocycles. The number of nitrogens with zero attached hydrogens (tertiary/aromatic N) is 2. The minimum atomic E-state index is -0.524. The molecule has 0 fully saturated rings. The number of nitro benzene ring substituents is 1. The van der Waals surface area contributed by atoms with E-state index >= 15 is 0 Å². The molecule has 0 spiro atoms.